The Balaban J connectivity index is 1.07. The lowest BCUT2D eigenvalue weighted by molar-refractivity contribution is 0.00578. The minimum absolute atomic E-state index is 0.443. The summed E-state index contributed by atoms with van der Waals surface area (Å²) in [4.78, 5) is 2.35. The zero-order valence-electron chi connectivity index (χ0n) is 37.5. The predicted octanol–water partition coefficient (Wildman–Crippen LogP) is 15.0. The maximum absolute atomic E-state index is 6.70. The van der Waals surface area contributed by atoms with Crippen LogP contribution in [0.15, 0.2) is 192 Å². The van der Waals surface area contributed by atoms with Crippen molar-refractivity contribution in [2.24, 2.45) is 0 Å². The molecule has 9 aromatic carbocycles. The number of aryl methyl sites for hydroxylation is 1. The fourth-order valence-corrected chi connectivity index (χ4v) is 10.5. The third-order valence-corrected chi connectivity index (χ3v) is 14.4. The number of hydrogen-bond donors (Lipinski definition) is 0. The van der Waals surface area contributed by atoms with Gasteiger partial charge < -0.3 is 27.8 Å². The molecule has 66 heavy (non-hydrogen) atoms. The van der Waals surface area contributed by atoms with E-state index < -0.39 is 18.3 Å². The monoisotopic (exact) mass is 855 g/mol. The molecule has 6 nitrogen and oxygen atoms in total. The van der Waals surface area contributed by atoms with Crippen LogP contribution in [0.2, 0.25) is 0 Å². The molecule has 12 aromatic rings. The van der Waals surface area contributed by atoms with E-state index in [9.17, 15) is 0 Å². The molecule has 1 saturated heterocycles. The van der Waals surface area contributed by atoms with Gasteiger partial charge in [-0.1, -0.05) is 109 Å². The average molecular weight is 856 g/mol. The summed E-state index contributed by atoms with van der Waals surface area (Å²) in [5, 5.41) is 9.42. The van der Waals surface area contributed by atoms with E-state index in [2.05, 4.69) is 231 Å². The van der Waals surface area contributed by atoms with Crippen molar-refractivity contribution >= 4 is 106 Å². The van der Waals surface area contributed by atoms with Crippen molar-refractivity contribution in [3.63, 3.8) is 0 Å². The van der Waals surface area contributed by atoms with Crippen LogP contribution in [0.3, 0.4) is 0 Å². The van der Waals surface area contributed by atoms with Gasteiger partial charge in [-0.05, 0) is 135 Å². The van der Waals surface area contributed by atoms with Crippen LogP contribution in [-0.2, 0) is 9.31 Å². The molecule has 7 heteroatoms. The number of benzene rings is 9. The molecule has 0 atom stereocenters. The van der Waals surface area contributed by atoms with Crippen molar-refractivity contribution in [1.82, 2.24) is 9.13 Å². The van der Waals surface area contributed by atoms with Crippen LogP contribution in [0.4, 0.5) is 17.1 Å². The molecule has 0 N–H and O–H groups in total. The molecule has 0 radical (unpaired) electrons. The Morgan fingerprint density at radius 3 is 1.64 bits per heavy atom. The Hall–Kier alpha value is -7.58. The van der Waals surface area contributed by atoms with Crippen LogP contribution < -0.4 is 10.4 Å². The van der Waals surface area contributed by atoms with E-state index in [1.165, 1.54) is 37.9 Å². The minimum Gasteiger partial charge on any atom is -0.454 e. The highest BCUT2D eigenvalue weighted by Gasteiger charge is 2.51. The number of nitrogens with zero attached hydrogens (tertiary/aromatic N) is 3. The lowest BCUT2D eigenvalue weighted by Gasteiger charge is -2.32. The van der Waals surface area contributed by atoms with E-state index in [1.807, 2.05) is 6.07 Å². The summed E-state index contributed by atoms with van der Waals surface area (Å²) in [6.45, 7) is 10.6. The second-order valence-corrected chi connectivity index (χ2v) is 18.8. The van der Waals surface area contributed by atoms with E-state index in [1.54, 1.807) is 0 Å². The number of rotatable bonds is 6. The molecule has 13 rings (SSSR count). The molecule has 0 unspecified atom stereocenters. The molecule has 1 fully saturated rings. The highest BCUT2D eigenvalue weighted by molar-refractivity contribution is 6.62. The molecule has 0 bridgehead atoms. The fraction of sp³-hybridized carbons (Fsp3) is 0.119. The molecule has 0 spiro atoms. The van der Waals surface area contributed by atoms with E-state index in [0.29, 0.717) is 0 Å². The van der Waals surface area contributed by atoms with Crippen LogP contribution in [0.1, 0.15) is 33.3 Å². The summed E-state index contributed by atoms with van der Waals surface area (Å²) in [6, 6.07) is 67.9. The van der Waals surface area contributed by atoms with Gasteiger partial charge in [-0.25, -0.2) is 0 Å². The van der Waals surface area contributed by atoms with Gasteiger partial charge in [0.25, 0.3) is 0 Å². The Labute approximate surface area is 382 Å². The van der Waals surface area contributed by atoms with Crippen LogP contribution in [0.25, 0.3) is 87.7 Å². The molecule has 0 amide bonds. The molecular weight excluding hydrogens is 809 g/mol. The molecule has 1 aliphatic heterocycles. The van der Waals surface area contributed by atoms with E-state index in [0.717, 1.165) is 77.9 Å². The fourth-order valence-electron chi connectivity index (χ4n) is 10.5. The smallest absolute Gasteiger partial charge is 0.454 e. The quantitative estimate of drug-likeness (QED) is 0.156. The van der Waals surface area contributed by atoms with E-state index in [-0.39, 0.29) is 0 Å². The zero-order valence-corrected chi connectivity index (χ0v) is 37.5. The van der Waals surface area contributed by atoms with Gasteiger partial charge in [-0.2, -0.15) is 0 Å². The van der Waals surface area contributed by atoms with E-state index in [4.69, 9.17) is 13.7 Å². The Morgan fingerprint density at radius 1 is 0.439 bits per heavy atom. The third-order valence-electron chi connectivity index (χ3n) is 14.4. The lowest BCUT2D eigenvalue weighted by atomic mass is 9.78. The predicted molar refractivity (Wildman–Crippen MR) is 275 cm³/mol. The van der Waals surface area contributed by atoms with Crippen molar-refractivity contribution < 1.29 is 13.7 Å². The third kappa shape index (κ3) is 5.70. The highest BCUT2D eigenvalue weighted by Crippen LogP contribution is 2.47. The summed E-state index contributed by atoms with van der Waals surface area (Å²) >= 11 is 0. The number of hydrogen-bond acceptors (Lipinski definition) is 4. The van der Waals surface area contributed by atoms with Crippen molar-refractivity contribution in [3.05, 3.63) is 194 Å². The highest BCUT2D eigenvalue weighted by atomic mass is 16.7. The summed E-state index contributed by atoms with van der Waals surface area (Å²) in [5.74, 6) is 0. The van der Waals surface area contributed by atoms with Crippen LogP contribution in [0.5, 0.6) is 0 Å². The summed E-state index contributed by atoms with van der Waals surface area (Å²) < 4.78 is 24.7. The van der Waals surface area contributed by atoms with Gasteiger partial charge in [0.05, 0.1) is 39.0 Å². The molecule has 4 heterocycles. The maximum Gasteiger partial charge on any atom is 0.494 e. The summed E-state index contributed by atoms with van der Waals surface area (Å²) in [7, 11) is -0.472. The molecule has 0 saturated carbocycles. The first-order valence-electron chi connectivity index (χ1n) is 22.9. The molecular formula is C59H46BN3O3. The molecule has 1 aliphatic rings. The topological polar surface area (TPSA) is 44.7 Å². The lowest BCUT2D eigenvalue weighted by Crippen LogP contribution is -2.41. The number of fused-ring (bicyclic) bond motifs is 12. The first kappa shape index (κ1) is 38.8. The van der Waals surface area contributed by atoms with Gasteiger partial charge in [0.2, 0.25) is 0 Å². The second-order valence-electron chi connectivity index (χ2n) is 18.8. The van der Waals surface area contributed by atoms with Gasteiger partial charge >= 0.3 is 7.12 Å². The molecule has 0 aliphatic carbocycles. The van der Waals surface area contributed by atoms with Gasteiger partial charge in [-0.15, -0.1) is 0 Å². The Kier molecular flexibility index (Phi) is 8.36. The van der Waals surface area contributed by atoms with E-state index >= 15 is 0 Å². The average Bonchev–Trinajstić information content (AvgIpc) is 4.05. The maximum atomic E-state index is 6.70. The normalized spacial score (nSPS) is 14.8. The van der Waals surface area contributed by atoms with Gasteiger partial charge in [0, 0.05) is 55.1 Å². The van der Waals surface area contributed by atoms with Crippen molar-refractivity contribution in [2.75, 3.05) is 4.90 Å². The van der Waals surface area contributed by atoms with Gasteiger partial charge in [0.15, 0.2) is 5.58 Å². The zero-order chi connectivity index (χ0) is 44.5. The van der Waals surface area contributed by atoms with Crippen LogP contribution >= 0.6 is 0 Å². The number of aromatic nitrogens is 2. The molecule has 3 aromatic heterocycles. The standard InChI is InChI=1S/C59H46BN3O3/c1-37-16-14-21-41(34-37)61(51-24-15-23-46-43-22-12-13-25-54(43)64-57(46)51)42-27-29-48-53(36-42)63(40-19-10-7-11-20-40)50-33-31-44-45(56(48)50)30-32-49-55(44)47-28-26-38(60-65-58(2,3)59(4,5)66-60)35-52(47)62(49)39-17-8-6-9-18-39/h6-36H,1-5H3. The Morgan fingerprint density at radius 2 is 0.985 bits per heavy atom. The van der Waals surface area contributed by atoms with Crippen LogP contribution in [0, 0.1) is 6.92 Å². The van der Waals surface area contributed by atoms with Gasteiger partial charge in [0.1, 0.15) is 5.58 Å². The Bertz CT molecular complexity index is 3900. The first-order chi connectivity index (χ1) is 32.1. The minimum atomic E-state index is -0.472. The number of anilines is 3. The summed E-state index contributed by atoms with van der Waals surface area (Å²) in [6.07, 6.45) is 0. The summed E-state index contributed by atoms with van der Waals surface area (Å²) in [5.41, 5.74) is 12.9. The number of para-hydroxylation sites is 4. The van der Waals surface area contributed by atoms with Crippen molar-refractivity contribution in [1.29, 1.82) is 0 Å². The van der Waals surface area contributed by atoms with Gasteiger partial charge in [-0.3, -0.25) is 0 Å². The second kappa shape index (κ2) is 14.2. The van der Waals surface area contributed by atoms with Crippen molar-refractivity contribution in [3.8, 4) is 11.4 Å². The first-order valence-corrected chi connectivity index (χ1v) is 22.9. The van der Waals surface area contributed by atoms with Crippen LogP contribution in [-0.4, -0.2) is 27.5 Å². The SMILES string of the molecule is Cc1cccc(N(c2ccc3c4c5ccc6c(c5ccc4n(-c4ccccc4)c3c2)c2ccc(B3OC(C)(C)C(C)(C)O3)cc2n6-c2ccccc2)c2cccc3c2oc2ccccc23)c1. The number of furan rings is 1. The van der Waals surface area contributed by atoms with Crippen molar-refractivity contribution in [2.45, 2.75) is 45.8 Å². The largest absolute Gasteiger partial charge is 0.494 e. The molecule has 318 valence electrons.